The van der Waals surface area contributed by atoms with Crippen molar-refractivity contribution in [3.05, 3.63) is 35.4 Å². The maximum absolute atomic E-state index is 11.8. The number of carbonyl (C=O) groups excluding carboxylic acids is 2. The third kappa shape index (κ3) is 7.22. The highest BCUT2D eigenvalue weighted by molar-refractivity contribution is 5.94. The van der Waals surface area contributed by atoms with Crippen LogP contribution in [0.3, 0.4) is 0 Å². The van der Waals surface area contributed by atoms with E-state index in [0.717, 1.165) is 17.9 Å². The van der Waals surface area contributed by atoms with Gasteiger partial charge in [0.1, 0.15) is 6.54 Å². The summed E-state index contributed by atoms with van der Waals surface area (Å²) in [5.74, 6) is -0.274. The van der Waals surface area contributed by atoms with Crippen LogP contribution in [0.4, 0.5) is 4.79 Å². The number of quaternary nitrogens is 1. The Kier molecular flexibility index (Phi) is 6.56. The molecule has 3 amide bonds. The SMILES string of the molecule is CCc1ccc(C[NH+](C)CC(=O)NC(=O)NC(C)(C)C)cc1. The van der Waals surface area contributed by atoms with E-state index in [9.17, 15) is 9.59 Å². The summed E-state index contributed by atoms with van der Waals surface area (Å²) in [5.41, 5.74) is 2.13. The lowest BCUT2D eigenvalue weighted by Crippen LogP contribution is -3.09. The molecule has 0 bridgehead atoms. The summed E-state index contributed by atoms with van der Waals surface area (Å²) < 4.78 is 0. The van der Waals surface area contributed by atoms with Gasteiger partial charge in [0.25, 0.3) is 5.91 Å². The van der Waals surface area contributed by atoms with Gasteiger partial charge in [-0.3, -0.25) is 10.1 Å². The predicted octanol–water partition coefficient (Wildman–Crippen LogP) is 0.888. The largest absolute Gasteiger partial charge is 0.333 e. The van der Waals surface area contributed by atoms with Crippen LogP contribution in [0.25, 0.3) is 0 Å². The van der Waals surface area contributed by atoms with Gasteiger partial charge in [0.05, 0.1) is 7.05 Å². The second-order valence-electron chi connectivity index (χ2n) is 6.73. The minimum atomic E-state index is -0.447. The highest BCUT2D eigenvalue weighted by Gasteiger charge is 2.17. The van der Waals surface area contributed by atoms with Crippen molar-refractivity contribution in [3.8, 4) is 0 Å². The molecule has 0 aliphatic carbocycles. The molecule has 5 heteroatoms. The number of carbonyl (C=O) groups is 2. The molecule has 0 heterocycles. The fourth-order valence-corrected chi connectivity index (χ4v) is 2.12. The maximum atomic E-state index is 11.8. The standard InChI is InChI=1S/C17H27N3O2/c1-6-13-7-9-14(10-8-13)11-20(5)12-15(21)18-16(22)19-17(2,3)4/h7-10H,6,11-12H2,1-5H3,(H2,18,19,21,22)/p+1. The molecule has 0 saturated heterocycles. The maximum Gasteiger partial charge on any atom is 0.322 e. The number of urea groups is 1. The molecule has 22 heavy (non-hydrogen) atoms. The predicted molar refractivity (Wildman–Crippen MR) is 87.7 cm³/mol. The third-order valence-corrected chi connectivity index (χ3v) is 3.14. The monoisotopic (exact) mass is 306 g/mol. The van der Waals surface area contributed by atoms with E-state index in [2.05, 4.69) is 41.8 Å². The molecule has 0 aromatic heterocycles. The van der Waals surface area contributed by atoms with Gasteiger partial charge in [-0.25, -0.2) is 4.79 Å². The molecule has 3 N–H and O–H groups in total. The van der Waals surface area contributed by atoms with Crippen molar-refractivity contribution < 1.29 is 14.5 Å². The van der Waals surface area contributed by atoms with Crippen LogP contribution in [0.2, 0.25) is 0 Å². The summed E-state index contributed by atoms with van der Waals surface area (Å²) in [4.78, 5) is 24.5. The first kappa shape index (κ1) is 18.2. The molecular formula is C17H28N3O2+. The Balaban J connectivity index is 2.41. The van der Waals surface area contributed by atoms with Crippen molar-refractivity contribution >= 4 is 11.9 Å². The van der Waals surface area contributed by atoms with E-state index < -0.39 is 6.03 Å². The zero-order valence-corrected chi connectivity index (χ0v) is 14.2. The van der Waals surface area contributed by atoms with Crippen LogP contribution in [0, 0.1) is 0 Å². The van der Waals surface area contributed by atoms with Crippen molar-refractivity contribution in [2.75, 3.05) is 13.6 Å². The Bertz CT molecular complexity index is 504. The minimum absolute atomic E-state index is 0.257. The molecule has 1 atom stereocenters. The molecule has 0 spiro atoms. The number of hydrogen-bond donors (Lipinski definition) is 3. The number of amides is 3. The van der Waals surface area contributed by atoms with Gasteiger partial charge in [-0.2, -0.15) is 0 Å². The third-order valence-electron chi connectivity index (χ3n) is 3.14. The second kappa shape index (κ2) is 7.94. The Hall–Kier alpha value is -1.88. The quantitative estimate of drug-likeness (QED) is 0.756. The van der Waals surface area contributed by atoms with Crippen LogP contribution < -0.4 is 15.5 Å². The molecule has 122 valence electrons. The molecule has 0 aliphatic rings. The van der Waals surface area contributed by atoms with E-state index in [4.69, 9.17) is 0 Å². The number of rotatable bonds is 5. The van der Waals surface area contributed by atoms with Crippen LogP contribution in [-0.2, 0) is 17.8 Å². The van der Waals surface area contributed by atoms with Gasteiger partial charge in [-0.15, -0.1) is 0 Å². The van der Waals surface area contributed by atoms with Crippen molar-refractivity contribution in [2.45, 2.75) is 46.2 Å². The van der Waals surface area contributed by atoms with Gasteiger partial charge in [0, 0.05) is 11.1 Å². The number of hydrogen-bond acceptors (Lipinski definition) is 2. The Morgan fingerprint density at radius 3 is 2.14 bits per heavy atom. The minimum Gasteiger partial charge on any atom is -0.333 e. The van der Waals surface area contributed by atoms with Crippen LogP contribution >= 0.6 is 0 Å². The summed E-state index contributed by atoms with van der Waals surface area (Å²) >= 11 is 0. The van der Waals surface area contributed by atoms with Crippen LogP contribution in [0.15, 0.2) is 24.3 Å². The molecule has 0 saturated carbocycles. The lowest BCUT2D eigenvalue weighted by atomic mass is 10.1. The lowest BCUT2D eigenvalue weighted by Gasteiger charge is -2.20. The van der Waals surface area contributed by atoms with Gasteiger partial charge >= 0.3 is 6.03 Å². The highest BCUT2D eigenvalue weighted by Crippen LogP contribution is 2.03. The van der Waals surface area contributed by atoms with E-state index in [0.29, 0.717) is 0 Å². The number of likely N-dealkylation sites (N-methyl/N-ethyl adjacent to an activating group) is 1. The van der Waals surface area contributed by atoms with Crippen molar-refractivity contribution in [1.82, 2.24) is 10.6 Å². The first-order valence-electron chi connectivity index (χ1n) is 7.70. The zero-order chi connectivity index (χ0) is 16.8. The highest BCUT2D eigenvalue weighted by atomic mass is 16.2. The fraction of sp³-hybridized carbons (Fsp3) is 0.529. The number of nitrogens with one attached hydrogen (secondary N) is 3. The zero-order valence-electron chi connectivity index (χ0n) is 14.2. The molecule has 0 radical (unpaired) electrons. The van der Waals surface area contributed by atoms with Crippen LogP contribution in [-0.4, -0.2) is 31.1 Å². The molecule has 1 aromatic rings. The molecule has 0 fully saturated rings. The number of imide groups is 1. The van der Waals surface area contributed by atoms with E-state index in [-0.39, 0.29) is 18.0 Å². The van der Waals surface area contributed by atoms with Gasteiger partial charge in [-0.05, 0) is 32.8 Å². The molecule has 1 unspecified atom stereocenters. The van der Waals surface area contributed by atoms with E-state index in [1.54, 1.807) is 0 Å². The van der Waals surface area contributed by atoms with Gasteiger partial charge in [0.15, 0.2) is 6.54 Å². The lowest BCUT2D eigenvalue weighted by molar-refractivity contribution is -0.885. The summed E-state index contributed by atoms with van der Waals surface area (Å²) in [6.45, 7) is 8.74. The van der Waals surface area contributed by atoms with E-state index in [1.807, 2.05) is 27.8 Å². The summed E-state index contributed by atoms with van der Waals surface area (Å²) in [5, 5.41) is 5.07. The summed E-state index contributed by atoms with van der Waals surface area (Å²) in [7, 11) is 1.94. The van der Waals surface area contributed by atoms with Crippen LogP contribution in [0.5, 0.6) is 0 Å². The first-order valence-corrected chi connectivity index (χ1v) is 7.70. The van der Waals surface area contributed by atoms with Crippen molar-refractivity contribution in [2.24, 2.45) is 0 Å². The Morgan fingerprint density at radius 2 is 1.64 bits per heavy atom. The van der Waals surface area contributed by atoms with Gasteiger partial charge in [-0.1, -0.05) is 31.2 Å². The van der Waals surface area contributed by atoms with Crippen molar-refractivity contribution in [1.29, 1.82) is 0 Å². The average Bonchev–Trinajstić information content (AvgIpc) is 2.36. The van der Waals surface area contributed by atoms with Crippen molar-refractivity contribution in [3.63, 3.8) is 0 Å². The normalized spacial score (nSPS) is 12.6. The second-order valence-corrected chi connectivity index (χ2v) is 6.73. The Labute approximate surface area is 133 Å². The topological polar surface area (TPSA) is 62.6 Å². The van der Waals surface area contributed by atoms with E-state index in [1.165, 1.54) is 11.1 Å². The van der Waals surface area contributed by atoms with Gasteiger partial charge < -0.3 is 10.2 Å². The Morgan fingerprint density at radius 1 is 1.09 bits per heavy atom. The van der Waals surface area contributed by atoms with Crippen LogP contribution in [0.1, 0.15) is 38.8 Å². The number of benzene rings is 1. The molecule has 5 nitrogen and oxygen atoms in total. The molecule has 1 rings (SSSR count). The summed E-state index contributed by atoms with van der Waals surface area (Å²) in [6.07, 6.45) is 1.02. The molecular weight excluding hydrogens is 278 g/mol. The smallest absolute Gasteiger partial charge is 0.322 e. The van der Waals surface area contributed by atoms with Gasteiger partial charge in [0.2, 0.25) is 0 Å². The summed E-state index contributed by atoms with van der Waals surface area (Å²) in [6, 6.07) is 7.95. The fourth-order valence-electron chi connectivity index (χ4n) is 2.12. The first-order chi connectivity index (χ1) is 10.2. The average molecular weight is 306 g/mol. The molecule has 1 aromatic carbocycles. The van der Waals surface area contributed by atoms with E-state index >= 15 is 0 Å². The number of aryl methyl sites for hydroxylation is 1. The molecule has 0 aliphatic heterocycles.